The van der Waals surface area contributed by atoms with E-state index < -0.39 is 11.6 Å². The summed E-state index contributed by atoms with van der Waals surface area (Å²) < 4.78 is 27.5. The van der Waals surface area contributed by atoms with Gasteiger partial charge in [0.05, 0.1) is 5.69 Å². The van der Waals surface area contributed by atoms with Gasteiger partial charge in [-0.1, -0.05) is 15.9 Å². The van der Waals surface area contributed by atoms with Gasteiger partial charge in [-0.15, -0.1) is 0 Å². The molecular weight excluding hydrogens is 266 g/mol. The molecule has 2 aromatic rings. The van der Waals surface area contributed by atoms with Crippen LogP contribution in [0.2, 0.25) is 0 Å². The van der Waals surface area contributed by atoms with Gasteiger partial charge in [0.25, 0.3) is 0 Å². The number of rotatable bonds is 2. The largest absolute Gasteiger partial charge is 0.234 e. The summed E-state index contributed by atoms with van der Waals surface area (Å²) in [7, 11) is 0. The molecule has 2 nitrogen and oxygen atoms in total. The van der Waals surface area contributed by atoms with E-state index in [0.29, 0.717) is 5.33 Å². The first-order valence-corrected chi connectivity index (χ1v) is 5.39. The summed E-state index contributed by atoms with van der Waals surface area (Å²) in [6.07, 6.45) is 1.57. The average Bonchev–Trinajstić information content (AvgIpc) is 2.65. The highest BCUT2D eigenvalue weighted by atomic mass is 79.9. The summed E-state index contributed by atoms with van der Waals surface area (Å²) in [6.45, 7) is 0. The molecule has 15 heavy (non-hydrogen) atoms. The second-order valence-electron chi connectivity index (χ2n) is 2.96. The Kier molecular flexibility index (Phi) is 2.81. The summed E-state index contributed by atoms with van der Waals surface area (Å²) >= 11 is 3.27. The first kappa shape index (κ1) is 10.3. The number of hydrogen-bond acceptors (Lipinski definition) is 1. The van der Waals surface area contributed by atoms with Crippen LogP contribution < -0.4 is 0 Å². The van der Waals surface area contributed by atoms with E-state index in [9.17, 15) is 8.78 Å². The fraction of sp³-hybridized carbons (Fsp3) is 0.100. The lowest BCUT2D eigenvalue weighted by molar-refractivity contribution is 0.572. The monoisotopic (exact) mass is 272 g/mol. The molecule has 0 spiro atoms. The highest BCUT2D eigenvalue weighted by Gasteiger charge is 2.09. The molecule has 0 unspecified atom stereocenters. The molecule has 0 saturated carbocycles. The van der Waals surface area contributed by atoms with E-state index in [1.54, 1.807) is 12.3 Å². The lowest BCUT2D eigenvalue weighted by Crippen LogP contribution is -2.03. The van der Waals surface area contributed by atoms with E-state index in [2.05, 4.69) is 21.0 Å². The Hall–Kier alpha value is -1.23. The Bertz CT molecular complexity index is 482. The third kappa shape index (κ3) is 1.92. The van der Waals surface area contributed by atoms with Crippen LogP contribution in [0.3, 0.4) is 0 Å². The lowest BCUT2D eigenvalue weighted by Gasteiger charge is -2.06. The third-order valence-electron chi connectivity index (χ3n) is 2.00. The molecule has 0 saturated heterocycles. The fourth-order valence-electron chi connectivity index (χ4n) is 1.30. The normalized spacial score (nSPS) is 10.6. The minimum absolute atomic E-state index is 0.246. The number of halogens is 3. The van der Waals surface area contributed by atoms with Crippen molar-refractivity contribution in [2.45, 2.75) is 5.33 Å². The maximum absolute atomic E-state index is 13.4. The van der Waals surface area contributed by atoms with Crippen LogP contribution >= 0.6 is 15.9 Å². The topological polar surface area (TPSA) is 17.8 Å². The fourth-order valence-corrected chi connectivity index (χ4v) is 1.73. The van der Waals surface area contributed by atoms with E-state index in [-0.39, 0.29) is 5.69 Å². The molecule has 0 N–H and O–H groups in total. The van der Waals surface area contributed by atoms with Crippen molar-refractivity contribution in [2.24, 2.45) is 0 Å². The minimum atomic E-state index is -0.624. The van der Waals surface area contributed by atoms with E-state index in [1.807, 2.05) is 0 Å². The second-order valence-corrected chi connectivity index (χ2v) is 3.52. The Morgan fingerprint density at radius 2 is 2.07 bits per heavy atom. The van der Waals surface area contributed by atoms with Crippen LogP contribution in [0.25, 0.3) is 5.69 Å². The van der Waals surface area contributed by atoms with Crippen LogP contribution in [-0.2, 0) is 5.33 Å². The summed E-state index contributed by atoms with van der Waals surface area (Å²) in [5, 5.41) is 4.53. The molecule has 0 amide bonds. The Labute approximate surface area is 93.7 Å². The van der Waals surface area contributed by atoms with Gasteiger partial charge in [0, 0.05) is 17.6 Å². The van der Waals surface area contributed by atoms with E-state index in [4.69, 9.17) is 0 Å². The quantitative estimate of drug-likeness (QED) is 0.769. The molecule has 1 aromatic carbocycles. The number of aromatic nitrogens is 2. The van der Waals surface area contributed by atoms with Crippen molar-refractivity contribution in [3.05, 3.63) is 47.8 Å². The zero-order valence-electron chi connectivity index (χ0n) is 7.62. The molecule has 0 aliphatic rings. The predicted molar refractivity (Wildman–Crippen MR) is 56.1 cm³/mol. The molecule has 0 aliphatic carbocycles. The van der Waals surface area contributed by atoms with Crippen molar-refractivity contribution in [3.63, 3.8) is 0 Å². The van der Waals surface area contributed by atoms with Crippen LogP contribution in [-0.4, -0.2) is 9.78 Å². The molecule has 78 valence electrons. The first-order chi connectivity index (χ1) is 7.22. The zero-order chi connectivity index (χ0) is 10.8. The van der Waals surface area contributed by atoms with Crippen molar-refractivity contribution in [2.75, 3.05) is 0 Å². The molecule has 0 fully saturated rings. The highest BCUT2D eigenvalue weighted by molar-refractivity contribution is 9.08. The van der Waals surface area contributed by atoms with Crippen molar-refractivity contribution >= 4 is 15.9 Å². The van der Waals surface area contributed by atoms with Crippen molar-refractivity contribution in [1.29, 1.82) is 0 Å². The summed E-state index contributed by atoms with van der Waals surface area (Å²) in [4.78, 5) is 0. The number of hydrogen-bond donors (Lipinski definition) is 0. The van der Waals surface area contributed by atoms with Crippen LogP contribution in [0.15, 0.2) is 30.5 Å². The molecule has 0 bridgehead atoms. The highest BCUT2D eigenvalue weighted by Crippen LogP contribution is 2.17. The SMILES string of the molecule is Fc1ccc(-n2nccc2CBr)c(F)c1. The van der Waals surface area contributed by atoms with Gasteiger partial charge in [-0.25, -0.2) is 13.5 Å². The van der Waals surface area contributed by atoms with Gasteiger partial charge < -0.3 is 0 Å². The molecule has 5 heteroatoms. The van der Waals surface area contributed by atoms with Crippen molar-refractivity contribution in [1.82, 2.24) is 9.78 Å². The first-order valence-electron chi connectivity index (χ1n) is 4.26. The Morgan fingerprint density at radius 3 is 2.73 bits per heavy atom. The van der Waals surface area contributed by atoms with E-state index in [0.717, 1.165) is 11.8 Å². The van der Waals surface area contributed by atoms with E-state index in [1.165, 1.54) is 16.8 Å². The second kappa shape index (κ2) is 4.10. The summed E-state index contributed by atoms with van der Waals surface area (Å²) in [5.74, 6) is -1.22. The van der Waals surface area contributed by atoms with Crippen molar-refractivity contribution in [3.8, 4) is 5.69 Å². The number of alkyl halides is 1. The summed E-state index contributed by atoms with van der Waals surface area (Å²) in [5.41, 5.74) is 1.05. The van der Waals surface area contributed by atoms with Gasteiger partial charge in [-0.2, -0.15) is 5.10 Å². The van der Waals surface area contributed by atoms with E-state index >= 15 is 0 Å². The van der Waals surface area contributed by atoms with Crippen LogP contribution in [0.1, 0.15) is 5.69 Å². The van der Waals surface area contributed by atoms with Crippen LogP contribution in [0.5, 0.6) is 0 Å². The summed E-state index contributed by atoms with van der Waals surface area (Å²) in [6, 6.07) is 5.18. The Morgan fingerprint density at radius 1 is 1.27 bits per heavy atom. The molecule has 0 aliphatic heterocycles. The lowest BCUT2D eigenvalue weighted by atomic mass is 10.3. The Balaban J connectivity index is 2.54. The van der Waals surface area contributed by atoms with Gasteiger partial charge in [0.15, 0.2) is 5.82 Å². The molecule has 0 radical (unpaired) electrons. The van der Waals surface area contributed by atoms with Crippen LogP contribution in [0, 0.1) is 11.6 Å². The van der Waals surface area contributed by atoms with Gasteiger partial charge in [-0.3, -0.25) is 0 Å². The maximum Gasteiger partial charge on any atom is 0.151 e. The van der Waals surface area contributed by atoms with Gasteiger partial charge >= 0.3 is 0 Å². The number of benzene rings is 1. The van der Waals surface area contributed by atoms with Crippen molar-refractivity contribution < 1.29 is 8.78 Å². The molecular formula is C10H7BrF2N2. The maximum atomic E-state index is 13.4. The van der Waals surface area contributed by atoms with Crippen LogP contribution in [0.4, 0.5) is 8.78 Å². The average molecular weight is 273 g/mol. The zero-order valence-corrected chi connectivity index (χ0v) is 9.21. The predicted octanol–water partition coefficient (Wildman–Crippen LogP) is 3.05. The molecule has 2 rings (SSSR count). The third-order valence-corrected chi connectivity index (χ3v) is 2.57. The molecule has 0 atom stereocenters. The van der Waals surface area contributed by atoms with Gasteiger partial charge in [0.2, 0.25) is 0 Å². The molecule has 1 aromatic heterocycles. The minimum Gasteiger partial charge on any atom is -0.234 e. The number of nitrogens with zero attached hydrogens (tertiary/aromatic N) is 2. The van der Waals surface area contributed by atoms with Gasteiger partial charge in [0.1, 0.15) is 11.5 Å². The van der Waals surface area contributed by atoms with Gasteiger partial charge in [-0.05, 0) is 18.2 Å². The molecule has 1 heterocycles. The standard InChI is InChI=1S/C10H7BrF2N2/c11-6-8-3-4-14-15(8)10-2-1-7(12)5-9(10)13/h1-5H,6H2. The smallest absolute Gasteiger partial charge is 0.151 e.